The summed E-state index contributed by atoms with van der Waals surface area (Å²) in [4.78, 5) is 12.9. The molecule has 5 nitrogen and oxygen atoms in total. The third kappa shape index (κ3) is 4.74. The molecule has 1 aliphatic rings. The number of rotatable bonds is 7. The first-order chi connectivity index (χ1) is 14.6. The van der Waals surface area contributed by atoms with Crippen LogP contribution in [-0.2, 0) is 12.8 Å². The Kier molecular flexibility index (Phi) is 5.89. The van der Waals surface area contributed by atoms with Gasteiger partial charge in [0.25, 0.3) is 5.91 Å². The van der Waals surface area contributed by atoms with Crippen LogP contribution in [-0.4, -0.2) is 25.9 Å². The molecule has 1 amide bonds. The molecule has 0 fully saturated rings. The van der Waals surface area contributed by atoms with Crippen LogP contribution >= 0.6 is 0 Å². The molecule has 1 unspecified atom stereocenters. The lowest BCUT2D eigenvalue weighted by Gasteiger charge is -2.20. The Balaban J connectivity index is 1.53. The van der Waals surface area contributed by atoms with E-state index in [2.05, 4.69) is 5.32 Å². The Labute approximate surface area is 176 Å². The molecule has 3 aromatic rings. The maximum Gasteiger partial charge on any atom is 0.251 e. The summed E-state index contributed by atoms with van der Waals surface area (Å²) in [6, 6.07) is 21.4. The summed E-state index contributed by atoms with van der Waals surface area (Å²) >= 11 is 0. The Morgan fingerprint density at radius 3 is 2.33 bits per heavy atom. The zero-order chi connectivity index (χ0) is 20.9. The molecule has 0 radical (unpaired) electrons. The summed E-state index contributed by atoms with van der Waals surface area (Å²) in [6.45, 7) is 2.26. The minimum atomic E-state index is -0.0763. The fourth-order valence-electron chi connectivity index (χ4n) is 3.55. The van der Waals surface area contributed by atoms with Gasteiger partial charge in [-0.1, -0.05) is 35.9 Å². The Morgan fingerprint density at radius 1 is 0.933 bits per heavy atom. The van der Waals surface area contributed by atoms with Crippen molar-refractivity contribution in [3.05, 3.63) is 89.0 Å². The Bertz CT molecular complexity index is 1010. The standard InChI is InChI=1S/C25H25NO4/c1-17-3-8-20(9-4-17)25(27)26-21(13-18-5-10-22(28-2)11-6-18)14-19-7-12-23-24(15-19)30-16-29-23/h3-12,15,21H,13-14,16H2,1-2H3,(H,26,27). The first kappa shape index (κ1) is 19.8. The quantitative estimate of drug-likeness (QED) is 0.639. The van der Waals surface area contributed by atoms with E-state index in [1.165, 1.54) is 0 Å². The second-order valence-electron chi connectivity index (χ2n) is 7.48. The van der Waals surface area contributed by atoms with Crippen molar-refractivity contribution in [1.29, 1.82) is 0 Å². The molecular weight excluding hydrogens is 378 g/mol. The van der Waals surface area contributed by atoms with E-state index in [-0.39, 0.29) is 18.7 Å². The fourth-order valence-corrected chi connectivity index (χ4v) is 3.55. The number of hydrogen-bond donors (Lipinski definition) is 1. The van der Waals surface area contributed by atoms with E-state index in [0.717, 1.165) is 33.9 Å². The highest BCUT2D eigenvalue weighted by molar-refractivity contribution is 5.94. The van der Waals surface area contributed by atoms with Crippen LogP contribution in [0.5, 0.6) is 17.2 Å². The number of carbonyl (C=O) groups is 1. The topological polar surface area (TPSA) is 56.8 Å². The Morgan fingerprint density at radius 2 is 1.60 bits per heavy atom. The van der Waals surface area contributed by atoms with Crippen LogP contribution in [0.2, 0.25) is 0 Å². The molecule has 4 rings (SSSR count). The highest BCUT2D eigenvalue weighted by Gasteiger charge is 2.18. The molecule has 1 aliphatic heterocycles. The number of carbonyl (C=O) groups excluding carboxylic acids is 1. The van der Waals surface area contributed by atoms with Crippen molar-refractivity contribution in [3.63, 3.8) is 0 Å². The monoisotopic (exact) mass is 403 g/mol. The van der Waals surface area contributed by atoms with Gasteiger partial charge in [-0.3, -0.25) is 4.79 Å². The summed E-state index contributed by atoms with van der Waals surface area (Å²) in [6.07, 6.45) is 1.39. The van der Waals surface area contributed by atoms with Gasteiger partial charge >= 0.3 is 0 Å². The van der Waals surface area contributed by atoms with Crippen molar-refractivity contribution in [2.24, 2.45) is 0 Å². The van der Waals surface area contributed by atoms with E-state index in [9.17, 15) is 4.79 Å². The molecule has 0 aliphatic carbocycles. The lowest BCUT2D eigenvalue weighted by molar-refractivity contribution is 0.0936. The largest absolute Gasteiger partial charge is 0.497 e. The third-order valence-electron chi connectivity index (χ3n) is 5.21. The number of fused-ring (bicyclic) bond motifs is 1. The predicted octanol–water partition coefficient (Wildman–Crippen LogP) is 4.32. The molecule has 0 bridgehead atoms. The summed E-state index contributed by atoms with van der Waals surface area (Å²) in [5, 5.41) is 3.20. The van der Waals surface area contributed by atoms with Gasteiger partial charge in [-0.25, -0.2) is 0 Å². The second-order valence-corrected chi connectivity index (χ2v) is 7.48. The van der Waals surface area contributed by atoms with Crippen molar-refractivity contribution in [1.82, 2.24) is 5.32 Å². The lowest BCUT2D eigenvalue weighted by atomic mass is 9.98. The number of hydrogen-bond acceptors (Lipinski definition) is 4. The van der Waals surface area contributed by atoms with Crippen molar-refractivity contribution in [2.75, 3.05) is 13.9 Å². The fraction of sp³-hybridized carbons (Fsp3) is 0.240. The van der Waals surface area contributed by atoms with Gasteiger partial charge < -0.3 is 19.5 Å². The van der Waals surface area contributed by atoms with Crippen LogP contribution in [0.25, 0.3) is 0 Å². The Hall–Kier alpha value is -3.47. The average molecular weight is 403 g/mol. The molecule has 1 atom stereocenters. The van der Waals surface area contributed by atoms with Crippen LogP contribution in [0.4, 0.5) is 0 Å². The van der Waals surface area contributed by atoms with Crippen LogP contribution in [0, 0.1) is 6.92 Å². The smallest absolute Gasteiger partial charge is 0.251 e. The minimum Gasteiger partial charge on any atom is -0.497 e. The predicted molar refractivity (Wildman–Crippen MR) is 115 cm³/mol. The van der Waals surface area contributed by atoms with Crippen LogP contribution in [0.1, 0.15) is 27.0 Å². The summed E-state index contributed by atoms with van der Waals surface area (Å²) < 4.78 is 16.2. The number of methoxy groups -OCH3 is 1. The van der Waals surface area contributed by atoms with Crippen molar-refractivity contribution >= 4 is 5.91 Å². The minimum absolute atomic E-state index is 0.0748. The molecular formula is C25H25NO4. The van der Waals surface area contributed by atoms with E-state index in [0.29, 0.717) is 18.4 Å². The van der Waals surface area contributed by atoms with Gasteiger partial charge in [0.1, 0.15) is 5.75 Å². The zero-order valence-electron chi connectivity index (χ0n) is 17.2. The molecule has 1 heterocycles. The molecule has 0 saturated heterocycles. The lowest BCUT2D eigenvalue weighted by Crippen LogP contribution is -2.38. The first-order valence-corrected chi connectivity index (χ1v) is 10.00. The van der Waals surface area contributed by atoms with Crippen LogP contribution < -0.4 is 19.5 Å². The van der Waals surface area contributed by atoms with Gasteiger partial charge in [-0.05, 0) is 67.3 Å². The van der Waals surface area contributed by atoms with Crippen molar-refractivity contribution in [3.8, 4) is 17.2 Å². The zero-order valence-corrected chi connectivity index (χ0v) is 17.2. The third-order valence-corrected chi connectivity index (χ3v) is 5.21. The molecule has 30 heavy (non-hydrogen) atoms. The molecule has 3 aromatic carbocycles. The molecule has 0 saturated carbocycles. The number of aryl methyl sites for hydroxylation is 1. The van der Waals surface area contributed by atoms with E-state index in [1.807, 2.05) is 73.7 Å². The maximum atomic E-state index is 12.9. The van der Waals surface area contributed by atoms with Gasteiger partial charge in [0, 0.05) is 11.6 Å². The number of ether oxygens (including phenoxy) is 3. The average Bonchev–Trinajstić information content (AvgIpc) is 3.22. The van der Waals surface area contributed by atoms with Crippen molar-refractivity contribution < 1.29 is 19.0 Å². The summed E-state index contributed by atoms with van der Waals surface area (Å²) in [5.41, 5.74) is 4.00. The second kappa shape index (κ2) is 8.91. The number of benzene rings is 3. The van der Waals surface area contributed by atoms with E-state index < -0.39 is 0 Å². The van der Waals surface area contributed by atoms with Gasteiger partial charge in [-0.2, -0.15) is 0 Å². The van der Waals surface area contributed by atoms with Crippen LogP contribution in [0.15, 0.2) is 66.7 Å². The van der Waals surface area contributed by atoms with Gasteiger partial charge in [0.15, 0.2) is 11.5 Å². The molecule has 0 aromatic heterocycles. The van der Waals surface area contributed by atoms with Crippen LogP contribution in [0.3, 0.4) is 0 Å². The highest BCUT2D eigenvalue weighted by atomic mass is 16.7. The first-order valence-electron chi connectivity index (χ1n) is 10.00. The summed E-state index contributed by atoms with van der Waals surface area (Å²) in [7, 11) is 1.65. The van der Waals surface area contributed by atoms with E-state index in [4.69, 9.17) is 14.2 Å². The molecule has 0 spiro atoms. The van der Waals surface area contributed by atoms with E-state index >= 15 is 0 Å². The molecule has 5 heteroatoms. The summed E-state index contributed by atoms with van der Waals surface area (Å²) in [5.74, 6) is 2.25. The van der Waals surface area contributed by atoms with Crippen molar-refractivity contribution in [2.45, 2.75) is 25.8 Å². The number of amides is 1. The van der Waals surface area contributed by atoms with E-state index in [1.54, 1.807) is 7.11 Å². The molecule has 154 valence electrons. The highest BCUT2D eigenvalue weighted by Crippen LogP contribution is 2.33. The number of nitrogens with one attached hydrogen (secondary N) is 1. The molecule has 1 N–H and O–H groups in total. The van der Waals surface area contributed by atoms with Gasteiger partial charge in [0.05, 0.1) is 7.11 Å². The van der Waals surface area contributed by atoms with Gasteiger partial charge in [-0.15, -0.1) is 0 Å². The normalized spacial score (nSPS) is 13.0. The maximum absolute atomic E-state index is 12.9. The van der Waals surface area contributed by atoms with Gasteiger partial charge in [0.2, 0.25) is 6.79 Å². The SMILES string of the molecule is COc1ccc(CC(Cc2ccc3c(c2)OCO3)NC(=O)c2ccc(C)cc2)cc1.